The summed E-state index contributed by atoms with van der Waals surface area (Å²) < 4.78 is 1.67. The van der Waals surface area contributed by atoms with Crippen molar-refractivity contribution >= 4 is 12.0 Å². The van der Waals surface area contributed by atoms with Gasteiger partial charge in [-0.25, -0.2) is 0 Å². The van der Waals surface area contributed by atoms with Crippen LogP contribution in [0.3, 0.4) is 0 Å². The number of benzene rings is 1. The van der Waals surface area contributed by atoms with Crippen molar-refractivity contribution in [1.82, 2.24) is 15.1 Å². The van der Waals surface area contributed by atoms with Crippen molar-refractivity contribution in [2.75, 3.05) is 0 Å². The molecule has 22 heavy (non-hydrogen) atoms. The van der Waals surface area contributed by atoms with E-state index in [9.17, 15) is 15.0 Å². The van der Waals surface area contributed by atoms with Crippen molar-refractivity contribution in [3.05, 3.63) is 47.8 Å². The van der Waals surface area contributed by atoms with E-state index in [0.29, 0.717) is 6.42 Å². The zero-order valence-electron chi connectivity index (χ0n) is 12.5. The molecular weight excluding hydrogens is 282 g/mol. The Hall–Kier alpha value is -2.76. The number of phenols is 2. The smallest absolute Gasteiger partial charge is 0.244 e. The van der Waals surface area contributed by atoms with Gasteiger partial charge in [-0.15, -0.1) is 0 Å². The van der Waals surface area contributed by atoms with Gasteiger partial charge in [-0.05, 0) is 43.2 Å². The molecule has 0 radical (unpaired) electrons. The van der Waals surface area contributed by atoms with Crippen LogP contribution in [0.5, 0.6) is 11.5 Å². The Bertz CT molecular complexity index is 692. The third kappa shape index (κ3) is 4.12. The van der Waals surface area contributed by atoms with Crippen LogP contribution in [0.1, 0.15) is 18.2 Å². The summed E-state index contributed by atoms with van der Waals surface area (Å²) in [5.41, 5.74) is 1.67. The normalized spacial score (nSPS) is 12.5. The average molecular weight is 301 g/mol. The first-order valence-electron chi connectivity index (χ1n) is 6.93. The van der Waals surface area contributed by atoms with E-state index in [4.69, 9.17) is 0 Å². The molecule has 0 saturated carbocycles. The molecule has 1 heterocycles. The first kappa shape index (κ1) is 15.6. The maximum Gasteiger partial charge on any atom is 0.244 e. The van der Waals surface area contributed by atoms with Gasteiger partial charge in [0.05, 0.1) is 5.69 Å². The summed E-state index contributed by atoms with van der Waals surface area (Å²) in [6.07, 6.45) is 5.37. The van der Waals surface area contributed by atoms with E-state index in [-0.39, 0.29) is 23.4 Å². The van der Waals surface area contributed by atoms with Crippen molar-refractivity contribution in [2.45, 2.75) is 19.4 Å². The molecule has 0 fully saturated rings. The lowest BCUT2D eigenvalue weighted by atomic mass is 10.1. The number of amides is 1. The van der Waals surface area contributed by atoms with Crippen molar-refractivity contribution < 1.29 is 15.0 Å². The molecular formula is C16H19N3O3. The molecule has 0 aliphatic heterocycles. The number of aromatic nitrogens is 2. The average Bonchev–Trinajstić information content (AvgIpc) is 2.86. The lowest BCUT2D eigenvalue weighted by Crippen LogP contribution is -2.32. The Labute approximate surface area is 128 Å². The van der Waals surface area contributed by atoms with E-state index in [0.717, 1.165) is 11.3 Å². The Morgan fingerprint density at radius 2 is 2.14 bits per heavy atom. The van der Waals surface area contributed by atoms with Crippen LogP contribution in [-0.2, 0) is 18.3 Å². The number of nitrogens with one attached hydrogen (secondary N) is 1. The van der Waals surface area contributed by atoms with Crippen LogP contribution in [0.15, 0.2) is 36.5 Å². The third-order valence-corrected chi connectivity index (χ3v) is 3.23. The maximum atomic E-state index is 11.9. The summed E-state index contributed by atoms with van der Waals surface area (Å²) in [6, 6.07) is 6.34. The third-order valence-electron chi connectivity index (χ3n) is 3.23. The molecule has 1 aromatic heterocycles. The van der Waals surface area contributed by atoms with Gasteiger partial charge in [0.1, 0.15) is 0 Å². The summed E-state index contributed by atoms with van der Waals surface area (Å²) in [4.78, 5) is 11.9. The monoisotopic (exact) mass is 301 g/mol. The first-order chi connectivity index (χ1) is 10.5. The fourth-order valence-corrected chi connectivity index (χ4v) is 2.10. The molecule has 6 nitrogen and oxygen atoms in total. The molecule has 6 heteroatoms. The van der Waals surface area contributed by atoms with Gasteiger partial charge in [0.15, 0.2) is 11.5 Å². The van der Waals surface area contributed by atoms with Gasteiger partial charge in [0, 0.05) is 25.4 Å². The van der Waals surface area contributed by atoms with E-state index < -0.39 is 0 Å². The van der Waals surface area contributed by atoms with E-state index in [1.54, 1.807) is 30.1 Å². The second-order valence-corrected chi connectivity index (χ2v) is 5.15. The molecule has 3 N–H and O–H groups in total. The van der Waals surface area contributed by atoms with E-state index in [1.165, 1.54) is 18.2 Å². The van der Waals surface area contributed by atoms with Crippen LogP contribution in [-0.4, -0.2) is 31.9 Å². The van der Waals surface area contributed by atoms with Crippen LogP contribution in [0.25, 0.3) is 6.08 Å². The quantitative estimate of drug-likeness (QED) is 0.578. The van der Waals surface area contributed by atoms with Gasteiger partial charge in [0.25, 0.3) is 0 Å². The predicted molar refractivity (Wildman–Crippen MR) is 83.3 cm³/mol. The standard InChI is InChI=1S/C16H19N3O3/c1-11(9-12-3-5-14(20)15(21)10-12)18-16(22)6-4-13-7-8-17-19(13)2/h3-8,10-11,20-21H,9H2,1-2H3,(H,18,22)/b6-4+/t11-/m0/s1. The highest BCUT2D eigenvalue weighted by atomic mass is 16.3. The summed E-state index contributed by atoms with van der Waals surface area (Å²) in [7, 11) is 1.80. The van der Waals surface area contributed by atoms with Crippen molar-refractivity contribution in [1.29, 1.82) is 0 Å². The second-order valence-electron chi connectivity index (χ2n) is 5.15. The van der Waals surface area contributed by atoms with Crippen LogP contribution >= 0.6 is 0 Å². The number of aromatic hydroxyl groups is 2. The van der Waals surface area contributed by atoms with Crippen LogP contribution in [0.2, 0.25) is 0 Å². The van der Waals surface area contributed by atoms with Gasteiger partial charge >= 0.3 is 0 Å². The number of hydrogen-bond acceptors (Lipinski definition) is 4. The largest absolute Gasteiger partial charge is 0.504 e. The number of carbonyl (C=O) groups excluding carboxylic acids is 1. The fourth-order valence-electron chi connectivity index (χ4n) is 2.10. The Kier molecular flexibility index (Phi) is 4.83. The first-order valence-corrected chi connectivity index (χ1v) is 6.93. The molecule has 1 aromatic carbocycles. The zero-order chi connectivity index (χ0) is 16.1. The van der Waals surface area contributed by atoms with Gasteiger partial charge < -0.3 is 15.5 Å². The molecule has 0 unspecified atom stereocenters. The van der Waals surface area contributed by atoms with E-state index in [2.05, 4.69) is 10.4 Å². The lowest BCUT2D eigenvalue weighted by molar-refractivity contribution is -0.117. The zero-order valence-corrected chi connectivity index (χ0v) is 12.5. The maximum absolute atomic E-state index is 11.9. The minimum absolute atomic E-state index is 0.104. The minimum atomic E-state index is -0.197. The summed E-state index contributed by atoms with van der Waals surface area (Å²) in [5.74, 6) is -0.511. The Morgan fingerprint density at radius 3 is 2.77 bits per heavy atom. The Balaban J connectivity index is 1.89. The molecule has 2 rings (SSSR count). The molecule has 0 spiro atoms. The molecule has 0 bridgehead atoms. The van der Waals surface area contributed by atoms with Gasteiger partial charge in [-0.2, -0.15) is 5.10 Å². The van der Waals surface area contributed by atoms with E-state index in [1.807, 2.05) is 13.0 Å². The number of aryl methyl sites for hydroxylation is 1. The minimum Gasteiger partial charge on any atom is -0.504 e. The van der Waals surface area contributed by atoms with Crippen LogP contribution in [0.4, 0.5) is 0 Å². The van der Waals surface area contributed by atoms with Crippen molar-refractivity contribution in [3.8, 4) is 11.5 Å². The molecule has 116 valence electrons. The molecule has 0 saturated heterocycles. The second kappa shape index (κ2) is 6.80. The number of nitrogens with zero attached hydrogens (tertiary/aromatic N) is 2. The van der Waals surface area contributed by atoms with Crippen LogP contribution < -0.4 is 5.32 Å². The van der Waals surface area contributed by atoms with Gasteiger partial charge in [-0.3, -0.25) is 9.48 Å². The SMILES string of the molecule is C[C@@H](Cc1ccc(O)c(O)c1)NC(=O)/C=C/c1ccnn1C. The van der Waals surface area contributed by atoms with Crippen LogP contribution in [0, 0.1) is 0 Å². The van der Waals surface area contributed by atoms with Gasteiger partial charge in [0.2, 0.25) is 5.91 Å². The van der Waals surface area contributed by atoms with Crippen molar-refractivity contribution in [3.63, 3.8) is 0 Å². The summed E-state index contributed by atoms with van der Waals surface area (Å²) in [5, 5.41) is 25.6. The molecule has 1 amide bonds. The number of hydrogen-bond donors (Lipinski definition) is 3. The molecule has 0 aliphatic rings. The lowest BCUT2D eigenvalue weighted by Gasteiger charge is -2.13. The molecule has 1 atom stereocenters. The predicted octanol–water partition coefficient (Wildman–Crippen LogP) is 1.59. The molecule has 2 aromatic rings. The fraction of sp³-hybridized carbons (Fsp3) is 0.250. The highest BCUT2D eigenvalue weighted by Crippen LogP contribution is 2.25. The number of phenolic OH excluding ortho intramolecular Hbond substituents is 2. The van der Waals surface area contributed by atoms with Crippen molar-refractivity contribution in [2.24, 2.45) is 7.05 Å². The summed E-state index contributed by atoms with van der Waals surface area (Å²) in [6.45, 7) is 1.87. The molecule has 0 aliphatic carbocycles. The highest BCUT2D eigenvalue weighted by Gasteiger charge is 2.08. The Morgan fingerprint density at radius 1 is 1.36 bits per heavy atom. The topological polar surface area (TPSA) is 87.4 Å². The highest BCUT2D eigenvalue weighted by molar-refractivity contribution is 5.91. The number of carbonyl (C=O) groups is 1. The number of rotatable bonds is 5. The van der Waals surface area contributed by atoms with E-state index >= 15 is 0 Å². The van der Waals surface area contributed by atoms with Gasteiger partial charge in [-0.1, -0.05) is 6.07 Å². The summed E-state index contributed by atoms with van der Waals surface area (Å²) >= 11 is 0.